The first-order valence-corrected chi connectivity index (χ1v) is 6.55. The van der Waals surface area contributed by atoms with Crippen LogP contribution >= 0.6 is 0 Å². The molecule has 1 amide bonds. The van der Waals surface area contributed by atoms with Gasteiger partial charge in [0.1, 0.15) is 0 Å². The van der Waals surface area contributed by atoms with Gasteiger partial charge in [-0.25, -0.2) is 0 Å². The van der Waals surface area contributed by atoms with Gasteiger partial charge in [-0.1, -0.05) is 20.3 Å². The summed E-state index contributed by atoms with van der Waals surface area (Å²) in [6, 6.07) is -0.348. The molecule has 4 heteroatoms. The first-order chi connectivity index (χ1) is 7.79. The van der Waals surface area contributed by atoms with Crippen LogP contribution in [-0.4, -0.2) is 54.0 Å². The van der Waals surface area contributed by atoms with Crippen LogP contribution in [0, 0.1) is 5.92 Å². The van der Waals surface area contributed by atoms with Gasteiger partial charge in [-0.3, -0.25) is 9.69 Å². The molecule has 0 aromatic heterocycles. The lowest BCUT2D eigenvalue weighted by molar-refractivity contribution is -0.138. The normalized spacial score (nSPS) is 24.5. The van der Waals surface area contributed by atoms with E-state index in [1.165, 1.54) is 0 Å². The summed E-state index contributed by atoms with van der Waals surface area (Å²) < 4.78 is 0. The molecule has 1 saturated heterocycles. The monoisotopic (exact) mass is 241 g/mol. The van der Waals surface area contributed by atoms with Crippen molar-refractivity contribution >= 4 is 5.91 Å². The lowest BCUT2D eigenvalue weighted by atomic mass is 9.95. The Kier molecular flexibility index (Phi) is 4.55. The zero-order valence-corrected chi connectivity index (χ0v) is 11.9. The Morgan fingerprint density at radius 2 is 2.00 bits per heavy atom. The standard InChI is InChI=1S/C13H27N3O/c1-6-10(2)11(14)12(17)16-8-7-15(5)13(3,4)9-16/h10-11H,6-9,14H2,1-5H3/t10?,11-/m0/s1. The molecule has 1 heterocycles. The van der Waals surface area contributed by atoms with E-state index >= 15 is 0 Å². The number of carbonyl (C=O) groups excluding carboxylic acids is 1. The topological polar surface area (TPSA) is 49.6 Å². The summed E-state index contributed by atoms with van der Waals surface area (Å²) in [4.78, 5) is 16.5. The molecule has 1 rings (SSSR count). The van der Waals surface area contributed by atoms with Crippen molar-refractivity contribution in [3.8, 4) is 0 Å². The van der Waals surface area contributed by atoms with Crippen molar-refractivity contribution in [2.24, 2.45) is 11.7 Å². The number of nitrogens with two attached hydrogens (primary N) is 1. The van der Waals surface area contributed by atoms with E-state index in [2.05, 4.69) is 32.7 Å². The molecule has 0 bridgehead atoms. The fraction of sp³-hybridized carbons (Fsp3) is 0.923. The van der Waals surface area contributed by atoms with Gasteiger partial charge in [0, 0.05) is 25.2 Å². The largest absolute Gasteiger partial charge is 0.338 e. The molecule has 17 heavy (non-hydrogen) atoms. The lowest BCUT2D eigenvalue weighted by Crippen LogP contribution is -2.61. The number of nitrogens with zero attached hydrogens (tertiary/aromatic N) is 2. The van der Waals surface area contributed by atoms with Crippen molar-refractivity contribution in [3.63, 3.8) is 0 Å². The van der Waals surface area contributed by atoms with Gasteiger partial charge in [0.25, 0.3) is 0 Å². The molecule has 1 unspecified atom stereocenters. The second-order valence-corrected chi connectivity index (χ2v) is 5.91. The van der Waals surface area contributed by atoms with E-state index in [1.807, 2.05) is 11.8 Å². The number of piperazine rings is 1. The molecule has 1 fully saturated rings. The average Bonchev–Trinajstić information content (AvgIpc) is 2.29. The first kappa shape index (κ1) is 14.5. The van der Waals surface area contributed by atoms with E-state index in [4.69, 9.17) is 5.73 Å². The summed E-state index contributed by atoms with van der Waals surface area (Å²) in [6.45, 7) is 10.9. The molecule has 2 atom stereocenters. The zero-order valence-electron chi connectivity index (χ0n) is 11.9. The van der Waals surface area contributed by atoms with Crippen LogP contribution in [0.15, 0.2) is 0 Å². The van der Waals surface area contributed by atoms with Crippen molar-refractivity contribution in [1.82, 2.24) is 9.80 Å². The van der Waals surface area contributed by atoms with Crippen molar-refractivity contribution in [3.05, 3.63) is 0 Å². The third-order valence-corrected chi connectivity index (χ3v) is 4.17. The van der Waals surface area contributed by atoms with E-state index in [0.29, 0.717) is 0 Å². The number of likely N-dealkylation sites (N-methyl/N-ethyl adjacent to an activating group) is 1. The van der Waals surface area contributed by atoms with Crippen molar-refractivity contribution in [2.45, 2.75) is 45.7 Å². The van der Waals surface area contributed by atoms with Gasteiger partial charge in [0.05, 0.1) is 6.04 Å². The van der Waals surface area contributed by atoms with Crippen LogP contribution in [0.5, 0.6) is 0 Å². The molecule has 0 aromatic rings. The summed E-state index contributed by atoms with van der Waals surface area (Å²) in [5.41, 5.74) is 6.07. The zero-order chi connectivity index (χ0) is 13.2. The predicted octanol–water partition coefficient (Wildman–Crippen LogP) is 0.912. The maximum absolute atomic E-state index is 12.3. The highest BCUT2D eigenvalue weighted by molar-refractivity contribution is 5.82. The number of hydrogen-bond donors (Lipinski definition) is 1. The van der Waals surface area contributed by atoms with Crippen LogP contribution < -0.4 is 5.73 Å². The highest BCUT2D eigenvalue weighted by atomic mass is 16.2. The molecule has 0 saturated carbocycles. The molecule has 100 valence electrons. The van der Waals surface area contributed by atoms with Crippen LogP contribution in [0.2, 0.25) is 0 Å². The maximum Gasteiger partial charge on any atom is 0.239 e. The van der Waals surface area contributed by atoms with Crippen molar-refractivity contribution < 1.29 is 4.79 Å². The molecule has 1 aliphatic heterocycles. The van der Waals surface area contributed by atoms with Crippen molar-refractivity contribution in [2.75, 3.05) is 26.7 Å². The van der Waals surface area contributed by atoms with Crippen molar-refractivity contribution in [1.29, 1.82) is 0 Å². The van der Waals surface area contributed by atoms with Crippen LogP contribution in [0.4, 0.5) is 0 Å². The second kappa shape index (κ2) is 5.36. The van der Waals surface area contributed by atoms with E-state index < -0.39 is 0 Å². The van der Waals surface area contributed by atoms with E-state index in [-0.39, 0.29) is 23.4 Å². The Morgan fingerprint density at radius 3 is 2.47 bits per heavy atom. The Bertz CT molecular complexity index is 278. The summed E-state index contributed by atoms with van der Waals surface area (Å²) in [6.07, 6.45) is 0.948. The van der Waals surface area contributed by atoms with Gasteiger partial charge in [0.15, 0.2) is 0 Å². The van der Waals surface area contributed by atoms with E-state index in [9.17, 15) is 4.79 Å². The molecule has 0 aliphatic carbocycles. The number of carbonyl (C=O) groups is 1. The smallest absolute Gasteiger partial charge is 0.239 e. The number of rotatable bonds is 3. The summed E-state index contributed by atoms with van der Waals surface area (Å²) in [7, 11) is 2.11. The minimum atomic E-state index is -0.348. The molecule has 0 aromatic carbocycles. The summed E-state index contributed by atoms with van der Waals surface area (Å²) in [5, 5.41) is 0. The molecule has 2 N–H and O–H groups in total. The van der Waals surface area contributed by atoms with E-state index in [1.54, 1.807) is 0 Å². The third-order valence-electron chi connectivity index (χ3n) is 4.17. The molecule has 0 radical (unpaired) electrons. The molecule has 0 spiro atoms. The number of hydrogen-bond acceptors (Lipinski definition) is 3. The molecule has 1 aliphatic rings. The van der Waals surface area contributed by atoms with Gasteiger partial charge in [-0.2, -0.15) is 0 Å². The number of amides is 1. The Morgan fingerprint density at radius 1 is 1.41 bits per heavy atom. The SMILES string of the molecule is CCC(C)[C@H](N)C(=O)N1CCN(C)C(C)(C)C1. The quantitative estimate of drug-likeness (QED) is 0.799. The second-order valence-electron chi connectivity index (χ2n) is 5.91. The Labute approximate surface area is 105 Å². The summed E-state index contributed by atoms with van der Waals surface area (Å²) >= 11 is 0. The van der Waals surface area contributed by atoms with Crippen LogP contribution in [-0.2, 0) is 4.79 Å². The third kappa shape index (κ3) is 3.19. The lowest BCUT2D eigenvalue weighted by Gasteiger charge is -2.46. The van der Waals surface area contributed by atoms with Gasteiger partial charge in [-0.05, 0) is 26.8 Å². The highest BCUT2D eigenvalue weighted by Crippen LogP contribution is 2.20. The van der Waals surface area contributed by atoms with Crippen LogP contribution in [0.1, 0.15) is 34.1 Å². The fourth-order valence-corrected chi connectivity index (χ4v) is 2.14. The minimum absolute atomic E-state index is 0.0447. The summed E-state index contributed by atoms with van der Waals surface area (Å²) in [5.74, 6) is 0.366. The van der Waals surface area contributed by atoms with Gasteiger partial charge in [-0.15, -0.1) is 0 Å². The van der Waals surface area contributed by atoms with Gasteiger partial charge in [0.2, 0.25) is 5.91 Å². The fourth-order valence-electron chi connectivity index (χ4n) is 2.14. The van der Waals surface area contributed by atoms with Crippen LogP contribution in [0.25, 0.3) is 0 Å². The first-order valence-electron chi connectivity index (χ1n) is 6.55. The Hall–Kier alpha value is -0.610. The minimum Gasteiger partial charge on any atom is -0.338 e. The van der Waals surface area contributed by atoms with Gasteiger partial charge < -0.3 is 10.6 Å². The van der Waals surface area contributed by atoms with Crippen LogP contribution in [0.3, 0.4) is 0 Å². The predicted molar refractivity (Wildman–Crippen MR) is 70.7 cm³/mol. The van der Waals surface area contributed by atoms with Gasteiger partial charge >= 0.3 is 0 Å². The molecule has 4 nitrogen and oxygen atoms in total. The maximum atomic E-state index is 12.3. The highest BCUT2D eigenvalue weighted by Gasteiger charge is 2.35. The van der Waals surface area contributed by atoms with E-state index in [0.717, 1.165) is 26.1 Å². The average molecular weight is 241 g/mol. The molecular weight excluding hydrogens is 214 g/mol. The Balaban J connectivity index is 2.65. The molecular formula is C13H27N3O.